The number of hydrogen-bond donors (Lipinski definition) is 0. The van der Waals surface area contributed by atoms with Crippen LogP contribution in [0.25, 0.3) is 0 Å². The van der Waals surface area contributed by atoms with Gasteiger partial charge in [0, 0.05) is 57.9 Å². The molecule has 0 unspecified atom stereocenters. The molecule has 0 amide bonds. The maximum Gasteiger partial charge on any atom is 0 e. The zero-order valence-electron chi connectivity index (χ0n) is 2.43. The van der Waals surface area contributed by atoms with Crippen molar-refractivity contribution >= 4 is 3.99 Å². The predicted molar refractivity (Wildman–Crippen MR) is 8.54 cm³/mol. The molecule has 0 heterocycles. The van der Waals surface area contributed by atoms with Crippen LogP contribution in [0.15, 0.2) is 0 Å². The van der Waals surface area contributed by atoms with E-state index in [1.54, 1.807) is 0 Å². The molecule has 0 nitrogen and oxygen atoms in total. The minimum Gasteiger partial charge on any atom is 0 e. The summed E-state index contributed by atoms with van der Waals surface area (Å²) in [7, 11) is 0. The Hall–Kier alpha value is 3.13. The van der Waals surface area contributed by atoms with Gasteiger partial charge >= 0.3 is 37.4 Å². The molecule has 0 rings (SSSR count). The van der Waals surface area contributed by atoms with Gasteiger partial charge in [-0.25, -0.2) is 0 Å². The van der Waals surface area contributed by atoms with Crippen LogP contribution in [-0.4, -0.2) is 3.99 Å². The first-order chi connectivity index (χ1) is 1.00. The summed E-state index contributed by atoms with van der Waals surface area (Å²) in [6.07, 6.45) is 0. The zero-order chi connectivity index (χ0) is 2.00. The summed E-state index contributed by atoms with van der Waals surface area (Å²) in [6.45, 7) is 0. The second-order valence-electron chi connectivity index (χ2n) is 0. The number of hydrogen-bond acceptors (Lipinski definition) is 0. The van der Waals surface area contributed by atoms with Crippen LogP contribution in [0.4, 0.5) is 0 Å². The maximum atomic E-state index is 2.17. The van der Waals surface area contributed by atoms with Crippen molar-refractivity contribution in [2.75, 3.05) is 0 Å². The van der Waals surface area contributed by atoms with Gasteiger partial charge in [-0.1, -0.05) is 0 Å². The molecule has 0 aromatic rings. The fraction of sp³-hybridized carbons (Fsp3) is 0. The third-order valence-corrected chi connectivity index (χ3v) is 0. The summed E-state index contributed by atoms with van der Waals surface area (Å²) >= 11 is 1.17. The third-order valence-electron chi connectivity index (χ3n) is 0. The molecule has 0 saturated carbocycles. The van der Waals surface area contributed by atoms with Crippen LogP contribution in [0, 0.1) is 74.3 Å². The van der Waals surface area contributed by atoms with E-state index in [1.807, 2.05) is 0 Å². The third kappa shape index (κ3) is 8.93. The van der Waals surface area contributed by atoms with Gasteiger partial charge in [-0.3, -0.25) is 0 Å². The van der Waals surface area contributed by atoms with Gasteiger partial charge in [-0.05, 0) is 0 Å². The van der Waals surface area contributed by atoms with Crippen molar-refractivity contribution in [3.8, 4) is 0 Å². The number of rotatable bonds is 0. The molecule has 4 heteroatoms. The van der Waals surface area contributed by atoms with Crippen LogP contribution in [0.5, 0.6) is 0 Å². The minimum atomic E-state index is 0. The summed E-state index contributed by atoms with van der Waals surface area (Å²) in [5.74, 6) is 0. The Labute approximate surface area is 92.8 Å². The maximum absolute atomic E-state index is 2.17. The Morgan fingerprint density at radius 3 is 1.25 bits per heavy atom. The van der Waals surface area contributed by atoms with Crippen molar-refractivity contribution in [2.45, 2.75) is 0 Å². The standard InChI is InChI=1S/BH2.Fe.La.Nd/h1H2;;;/q+1;;-1;. The summed E-state index contributed by atoms with van der Waals surface area (Å²) in [4.78, 5) is 0. The van der Waals surface area contributed by atoms with E-state index in [0.717, 1.165) is 0 Å². The van der Waals surface area contributed by atoms with E-state index < -0.39 is 0 Å². The average Bonchev–Trinajstić information content (AvgIpc) is 1.00. The predicted octanol–water partition coefficient (Wildman–Crippen LogP) is -0.919. The van der Waals surface area contributed by atoms with E-state index in [9.17, 15) is 0 Å². The van der Waals surface area contributed by atoms with Crippen molar-refractivity contribution < 1.29 is 91.4 Å². The topological polar surface area (TPSA) is 0 Å². The largest absolute Gasteiger partial charge is 0 e. The fourth-order valence-electron chi connectivity index (χ4n) is 0. The zero-order valence-corrected chi connectivity index (χ0v) is 10.4. The van der Waals surface area contributed by atoms with Crippen LogP contribution in [0.2, 0.25) is 0 Å². The Morgan fingerprint density at radius 1 is 1.25 bits per heavy atom. The Balaban J connectivity index is -0.00000000500. The van der Waals surface area contributed by atoms with E-state index in [0.29, 0.717) is 0 Å². The van der Waals surface area contributed by atoms with Crippen LogP contribution in [0.1, 0.15) is 0 Å². The smallest absolute Gasteiger partial charge is 0 e. The van der Waals surface area contributed by atoms with E-state index in [-0.39, 0.29) is 57.9 Å². The van der Waals surface area contributed by atoms with Gasteiger partial charge in [-0.2, -0.15) is 0 Å². The van der Waals surface area contributed by atoms with Crippen molar-refractivity contribution in [1.29, 1.82) is 0 Å². The van der Waals surface area contributed by atoms with Gasteiger partial charge in [-0.15, -0.1) is 0 Å². The average molecular weight is 352 g/mol. The first-order valence-electron chi connectivity index (χ1n) is 0.577. The molecule has 0 radical (unpaired) electrons. The fourth-order valence-corrected chi connectivity index (χ4v) is 0. The molecule has 0 spiro atoms. The van der Waals surface area contributed by atoms with Gasteiger partial charge in [0.1, 0.15) is 0 Å². The second kappa shape index (κ2) is 16.5. The van der Waals surface area contributed by atoms with Gasteiger partial charge in [0.2, 0.25) is 0 Å². The minimum absolute atomic E-state index is 0. The van der Waals surface area contributed by atoms with Crippen LogP contribution < -0.4 is 0 Å². The summed E-state index contributed by atoms with van der Waals surface area (Å²) in [5.41, 5.74) is 0. The second-order valence-corrected chi connectivity index (χ2v) is 0. The monoisotopic (exact) mass is 350 g/mol. The summed E-state index contributed by atoms with van der Waals surface area (Å²) < 4.78 is 2.17. The molecule has 0 bridgehead atoms. The molecule has 0 N–H and O–H groups in total. The van der Waals surface area contributed by atoms with Crippen LogP contribution in [0.3, 0.4) is 0 Å². The molecule has 0 saturated heterocycles. The van der Waals surface area contributed by atoms with E-state index in [1.165, 1.54) is 33.5 Å². The molecule has 0 aliphatic heterocycles. The van der Waals surface area contributed by atoms with Crippen molar-refractivity contribution in [2.24, 2.45) is 0 Å². The Morgan fingerprint density at radius 2 is 1.25 bits per heavy atom. The molecule has 0 atom stereocenters. The SMILES string of the molecule is [BH2][La].[Fe].[Nd]. The molecule has 0 fully saturated rings. The molecule has 20 valence electrons. The molecular weight excluding hydrogens is 350 g/mol. The quantitative estimate of drug-likeness (QED) is 0.495. The molecule has 4 heavy (non-hydrogen) atoms. The molecule has 0 aliphatic rings. The summed E-state index contributed by atoms with van der Waals surface area (Å²) in [6, 6.07) is 0. The Kier molecular flexibility index (Phi) is 64.7. The van der Waals surface area contributed by atoms with Gasteiger partial charge < -0.3 is 0 Å². The van der Waals surface area contributed by atoms with Crippen LogP contribution in [-0.2, 0) is 17.1 Å². The molecule has 0 aromatic heterocycles. The van der Waals surface area contributed by atoms with E-state index >= 15 is 0 Å². The molecule has 0 aromatic carbocycles. The van der Waals surface area contributed by atoms with Crippen LogP contribution >= 0.6 is 0 Å². The molecular formula is H2BFeLaNd. The van der Waals surface area contributed by atoms with E-state index in [4.69, 9.17) is 0 Å². The first kappa shape index (κ1) is 15.7. The Bertz CT molecular complexity index is 8.00. The van der Waals surface area contributed by atoms with Gasteiger partial charge in [0.25, 0.3) is 0 Å². The van der Waals surface area contributed by atoms with Gasteiger partial charge in [0.15, 0.2) is 0 Å². The van der Waals surface area contributed by atoms with E-state index in [2.05, 4.69) is 3.99 Å². The molecule has 0 aliphatic carbocycles. The van der Waals surface area contributed by atoms with Crippen molar-refractivity contribution in [3.63, 3.8) is 0 Å². The van der Waals surface area contributed by atoms with Crippen molar-refractivity contribution in [3.05, 3.63) is 0 Å². The van der Waals surface area contributed by atoms with Gasteiger partial charge in [0.05, 0.1) is 0 Å². The van der Waals surface area contributed by atoms with Crippen molar-refractivity contribution in [1.82, 2.24) is 0 Å². The first-order valence-corrected chi connectivity index (χ1v) is 4.20. The summed E-state index contributed by atoms with van der Waals surface area (Å²) in [5, 5.41) is 0. The normalized spacial score (nSPS) is 0.750.